The quantitative estimate of drug-likeness (QED) is 0.612. The normalized spacial score (nSPS) is 19.6. The number of hydrogen-bond acceptors (Lipinski definition) is 10. The Kier molecular flexibility index (Phi) is 5.62. The van der Waals surface area contributed by atoms with Crippen LogP contribution in [-0.2, 0) is 13.0 Å². The van der Waals surface area contributed by atoms with E-state index in [-0.39, 0.29) is 6.10 Å². The van der Waals surface area contributed by atoms with Crippen LogP contribution in [0.25, 0.3) is 0 Å². The van der Waals surface area contributed by atoms with Crippen LogP contribution in [0.2, 0.25) is 0 Å². The van der Waals surface area contributed by atoms with Crippen molar-refractivity contribution in [3.05, 3.63) is 53.4 Å². The van der Waals surface area contributed by atoms with Gasteiger partial charge in [0.25, 0.3) is 0 Å². The molecule has 3 aromatic heterocycles. The Morgan fingerprint density at radius 2 is 2.12 bits per heavy atom. The van der Waals surface area contributed by atoms with Gasteiger partial charge in [0.05, 0.1) is 43.0 Å². The van der Waals surface area contributed by atoms with Crippen LogP contribution in [0.5, 0.6) is 11.8 Å². The largest absolute Gasteiger partial charge is 0.481 e. The van der Waals surface area contributed by atoms with E-state index in [4.69, 9.17) is 14.0 Å². The molecule has 1 saturated heterocycles. The first-order chi connectivity index (χ1) is 15.6. The first-order valence-electron chi connectivity index (χ1n) is 10.7. The molecule has 0 bridgehead atoms. The predicted molar refractivity (Wildman–Crippen MR) is 114 cm³/mol. The molecular formula is C22H26N6O4. The number of methoxy groups -OCH3 is 1. The number of rotatable bonds is 6. The average Bonchev–Trinajstić information content (AvgIpc) is 3.51. The lowest BCUT2D eigenvalue weighted by molar-refractivity contribution is -0.00815. The minimum atomic E-state index is -0.827. The van der Waals surface area contributed by atoms with Crippen molar-refractivity contribution < 1.29 is 19.1 Å². The topological polar surface area (TPSA) is 110 Å². The van der Waals surface area contributed by atoms with E-state index in [0.29, 0.717) is 37.2 Å². The Bertz CT molecular complexity index is 1080. The minimum Gasteiger partial charge on any atom is -0.481 e. The third kappa shape index (κ3) is 3.98. The molecule has 168 valence electrons. The molecule has 0 spiro atoms. The highest BCUT2D eigenvalue weighted by molar-refractivity contribution is 5.52. The lowest BCUT2D eigenvalue weighted by atomic mass is 10.1. The van der Waals surface area contributed by atoms with Crippen molar-refractivity contribution in [3.8, 4) is 11.8 Å². The molecule has 0 radical (unpaired) electrons. The first-order valence-corrected chi connectivity index (χ1v) is 10.7. The van der Waals surface area contributed by atoms with E-state index in [1.165, 1.54) is 6.20 Å². The van der Waals surface area contributed by atoms with Gasteiger partial charge in [0.15, 0.2) is 12.0 Å². The fraction of sp³-hybridized carbons (Fsp3) is 0.455. The maximum Gasteiger partial charge on any atom is 0.222 e. The Hall–Kier alpha value is -3.24. The number of fused-ring (bicyclic) bond motifs is 1. The molecule has 5 rings (SSSR count). The maximum absolute atomic E-state index is 10.5. The number of aryl methyl sites for hydroxylation is 1. The summed E-state index contributed by atoms with van der Waals surface area (Å²) in [7, 11) is 1.63. The van der Waals surface area contributed by atoms with Crippen LogP contribution in [-0.4, -0.2) is 63.0 Å². The monoisotopic (exact) mass is 438 g/mol. The third-order valence-corrected chi connectivity index (χ3v) is 6.05. The van der Waals surface area contributed by atoms with Gasteiger partial charge in [-0.15, -0.1) is 0 Å². The van der Waals surface area contributed by atoms with Gasteiger partial charge >= 0.3 is 0 Å². The maximum atomic E-state index is 10.5. The van der Waals surface area contributed by atoms with Crippen LogP contribution in [0.15, 0.2) is 35.4 Å². The standard InChI is InChI=1S/C22H26N6O4/c1-14-9-15(10-23-20(14)30-2)27-8-5-18-17(12-27)21(25-13-24-18)31-16-4-7-28(11-16)22(29)19-3-6-26-32-19/h3,6,9-10,13,16,22,29H,4-5,7-8,11-12H2,1-2H3. The summed E-state index contributed by atoms with van der Waals surface area (Å²) in [5.74, 6) is 1.68. The molecule has 1 N–H and O–H groups in total. The summed E-state index contributed by atoms with van der Waals surface area (Å²) in [6.07, 6.45) is 5.62. The van der Waals surface area contributed by atoms with Crippen molar-refractivity contribution in [2.45, 2.75) is 38.6 Å². The second-order valence-corrected chi connectivity index (χ2v) is 8.11. The van der Waals surface area contributed by atoms with Gasteiger partial charge in [-0.05, 0) is 19.4 Å². The number of aliphatic hydroxyl groups is 1. The Labute approximate surface area is 185 Å². The van der Waals surface area contributed by atoms with Gasteiger partial charge in [0, 0.05) is 37.7 Å². The molecular weight excluding hydrogens is 412 g/mol. The molecule has 2 aliphatic rings. The van der Waals surface area contributed by atoms with Crippen molar-refractivity contribution in [3.63, 3.8) is 0 Å². The fourth-order valence-corrected chi connectivity index (χ4v) is 4.34. The molecule has 10 nitrogen and oxygen atoms in total. The summed E-state index contributed by atoms with van der Waals surface area (Å²) < 4.78 is 16.7. The second kappa shape index (κ2) is 8.71. The zero-order chi connectivity index (χ0) is 22.1. The summed E-state index contributed by atoms with van der Waals surface area (Å²) in [5, 5.41) is 14.2. The van der Waals surface area contributed by atoms with Crippen LogP contribution >= 0.6 is 0 Å². The van der Waals surface area contributed by atoms with E-state index in [9.17, 15) is 5.11 Å². The third-order valence-electron chi connectivity index (χ3n) is 6.05. The molecule has 0 aromatic carbocycles. The summed E-state index contributed by atoms with van der Waals surface area (Å²) in [6.45, 7) is 4.76. The van der Waals surface area contributed by atoms with E-state index in [0.717, 1.165) is 41.9 Å². The molecule has 10 heteroatoms. The highest BCUT2D eigenvalue weighted by atomic mass is 16.5. The molecule has 32 heavy (non-hydrogen) atoms. The number of ether oxygens (including phenoxy) is 2. The number of aromatic nitrogens is 4. The molecule has 0 amide bonds. The van der Waals surface area contributed by atoms with Crippen LogP contribution in [0.4, 0.5) is 5.69 Å². The summed E-state index contributed by atoms with van der Waals surface area (Å²) in [6, 6.07) is 3.75. The van der Waals surface area contributed by atoms with E-state index in [2.05, 4.69) is 31.1 Å². The molecule has 2 aliphatic heterocycles. The SMILES string of the molecule is COc1ncc(N2CCc3ncnc(OC4CCN(C(O)c5ccno5)C4)c3C2)cc1C. The zero-order valence-corrected chi connectivity index (χ0v) is 18.1. The first kappa shape index (κ1) is 20.7. The van der Waals surface area contributed by atoms with E-state index in [1.54, 1.807) is 19.5 Å². The van der Waals surface area contributed by atoms with E-state index >= 15 is 0 Å². The minimum absolute atomic E-state index is 0.0770. The zero-order valence-electron chi connectivity index (χ0n) is 18.1. The lowest BCUT2D eigenvalue weighted by Gasteiger charge is -2.31. The van der Waals surface area contributed by atoms with Crippen LogP contribution in [0, 0.1) is 6.92 Å². The van der Waals surface area contributed by atoms with Crippen molar-refractivity contribution in [1.82, 2.24) is 25.0 Å². The molecule has 0 saturated carbocycles. The summed E-state index contributed by atoms with van der Waals surface area (Å²) in [5.41, 5.74) is 4.04. The average molecular weight is 438 g/mol. The molecule has 3 aromatic rings. The van der Waals surface area contributed by atoms with Gasteiger partial charge < -0.3 is 24.0 Å². The molecule has 0 aliphatic carbocycles. The number of likely N-dealkylation sites (tertiary alicyclic amines) is 1. The predicted octanol–water partition coefficient (Wildman–Crippen LogP) is 1.88. The van der Waals surface area contributed by atoms with Crippen molar-refractivity contribution in [2.75, 3.05) is 31.6 Å². The molecule has 5 heterocycles. The smallest absolute Gasteiger partial charge is 0.222 e. The van der Waals surface area contributed by atoms with Crippen molar-refractivity contribution >= 4 is 5.69 Å². The fourth-order valence-electron chi connectivity index (χ4n) is 4.34. The van der Waals surface area contributed by atoms with Gasteiger partial charge in [-0.1, -0.05) is 5.16 Å². The number of pyridine rings is 1. The Morgan fingerprint density at radius 3 is 2.91 bits per heavy atom. The summed E-state index contributed by atoms with van der Waals surface area (Å²) in [4.78, 5) is 17.5. The van der Waals surface area contributed by atoms with Crippen molar-refractivity contribution in [1.29, 1.82) is 0 Å². The van der Waals surface area contributed by atoms with Crippen LogP contribution in [0.1, 0.15) is 35.2 Å². The number of nitrogens with zero attached hydrogens (tertiary/aromatic N) is 6. The van der Waals surface area contributed by atoms with Crippen LogP contribution < -0.4 is 14.4 Å². The lowest BCUT2D eigenvalue weighted by Crippen LogP contribution is -2.33. The molecule has 2 unspecified atom stereocenters. The molecule has 1 fully saturated rings. The van der Waals surface area contributed by atoms with Gasteiger partial charge in [-0.2, -0.15) is 0 Å². The van der Waals surface area contributed by atoms with E-state index in [1.807, 2.05) is 18.0 Å². The number of hydrogen-bond donors (Lipinski definition) is 1. The molecule has 2 atom stereocenters. The number of anilines is 1. The summed E-state index contributed by atoms with van der Waals surface area (Å²) >= 11 is 0. The number of aliphatic hydroxyl groups excluding tert-OH is 1. The second-order valence-electron chi connectivity index (χ2n) is 8.11. The van der Waals surface area contributed by atoms with Gasteiger partial charge in [-0.25, -0.2) is 15.0 Å². The van der Waals surface area contributed by atoms with Crippen LogP contribution in [0.3, 0.4) is 0 Å². The Morgan fingerprint density at radius 1 is 1.22 bits per heavy atom. The van der Waals surface area contributed by atoms with Gasteiger partial charge in [-0.3, -0.25) is 4.90 Å². The van der Waals surface area contributed by atoms with Gasteiger partial charge in [0.2, 0.25) is 11.8 Å². The van der Waals surface area contributed by atoms with Gasteiger partial charge in [0.1, 0.15) is 12.4 Å². The highest BCUT2D eigenvalue weighted by Gasteiger charge is 2.32. The Balaban J connectivity index is 1.30. The van der Waals surface area contributed by atoms with E-state index < -0.39 is 6.23 Å². The van der Waals surface area contributed by atoms with Crippen molar-refractivity contribution in [2.24, 2.45) is 0 Å². The highest BCUT2D eigenvalue weighted by Crippen LogP contribution is 2.31.